The number of carbonyl (C=O) groups is 4. The summed E-state index contributed by atoms with van der Waals surface area (Å²) in [5.41, 5.74) is 0. The van der Waals surface area contributed by atoms with E-state index in [9.17, 15) is 19.2 Å². The molecule has 8 heteroatoms. The number of hydrogen-bond acceptors (Lipinski definition) is 8. The van der Waals surface area contributed by atoms with Crippen molar-refractivity contribution in [3.05, 3.63) is 49.0 Å². The topological polar surface area (TPSA) is 109 Å². The second-order valence-electron chi connectivity index (χ2n) is 5.11. The summed E-state index contributed by atoms with van der Waals surface area (Å²) in [7, 11) is 0. The van der Waals surface area contributed by atoms with Crippen molar-refractivity contribution in [2.45, 2.75) is 19.6 Å². The Morgan fingerprint density at radius 3 is 1.52 bits per heavy atom. The number of carbonyl (C=O) groups excluding carboxylic acids is 4. The van der Waals surface area contributed by atoms with Crippen molar-refractivity contribution in [3.63, 3.8) is 0 Å². The minimum Gasteiger partial charge on any atom is -0.473 e. The minimum atomic E-state index is -0.579. The Kier molecular flexibility index (Phi) is 5.66. The fraction of sp³-hybridized carbons (Fsp3) is 0.294. The highest BCUT2D eigenvalue weighted by atomic mass is 16.6. The second kappa shape index (κ2) is 7.71. The molecule has 0 spiro atoms. The predicted molar refractivity (Wildman–Crippen MR) is 81.6 cm³/mol. The van der Waals surface area contributed by atoms with Crippen molar-refractivity contribution in [3.8, 4) is 0 Å². The lowest BCUT2D eigenvalue weighted by Gasteiger charge is -2.08. The smallest absolute Gasteiger partial charge is 0.338 e. The monoisotopic (exact) mass is 348 g/mol. The standard InChI is InChI=1S/C8H6O4.C4H2O3.C4H4O.CH4/c9-7-5-3-1-2-4(11-3)6(5)8(10)12-7;5-3-1-2-4(6)7-3;1-2-4-5-3-1;/h1-6H;1-2H;1-4H;1H4/t3-,4?,5?,6+;;;/m1.../s1. The quantitative estimate of drug-likeness (QED) is 0.391. The average Bonchev–Trinajstić information content (AvgIpc) is 3.33. The van der Waals surface area contributed by atoms with Crippen molar-refractivity contribution in [2.24, 2.45) is 11.8 Å². The number of furan rings is 1. The van der Waals surface area contributed by atoms with Crippen molar-refractivity contribution in [1.29, 1.82) is 0 Å². The van der Waals surface area contributed by atoms with Crippen LogP contribution in [0.25, 0.3) is 0 Å². The third-order valence-electron chi connectivity index (χ3n) is 3.63. The Labute approximate surface area is 143 Å². The van der Waals surface area contributed by atoms with E-state index < -0.39 is 23.9 Å². The first-order valence-corrected chi connectivity index (χ1v) is 7.06. The van der Waals surface area contributed by atoms with E-state index in [1.807, 2.05) is 24.3 Å². The zero-order valence-electron chi connectivity index (χ0n) is 12.2. The zero-order valence-corrected chi connectivity index (χ0v) is 12.2. The molecule has 2 fully saturated rings. The SMILES string of the molecule is C.O=C1C=CC(=O)O1.O=C1OC(=O)[C@H]2C3C=C[C@@H](O3)C12.c1ccoc1. The lowest BCUT2D eigenvalue weighted by Crippen LogP contribution is -2.26. The minimum absolute atomic E-state index is 0. The summed E-state index contributed by atoms with van der Waals surface area (Å²) in [6.45, 7) is 0. The Balaban J connectivity index is 0.000000149. The van der Waals surface area contributed by atoms with Crippen molar-refractivity contribution in [2.75, 3.05) is 0 Å². The molecule has 0 saturated carbocycles. The molecule has 4 aliphatic rings. The van der Waals surface area contributed by atoms with Crippen LogP contribution in [-0.2, 0) is 33.4 Å². The maximum Gasteiger partial charge on any atom is 0.338 e. The average molecular weight is 348 g/mol. The first-order chi connectivity index (χ1) is 11.6. The van der Waals surface area contributed by atoms with Crippen molar-refractivity contribution < 1.29 is 37.8 Å². The van der Waals surface area contributed by atoms with Crippen molar-refractivity contribution >= 4 is 23.9 Å². The maximum absolute atomic E-state index is 11.1. The summed E-state index contributed by atoms with van der Waals surface area (Å²) < 4.78 is 18.4. The molecule has 2 saturated heterocycles. The van der Waals surface area contributed by atoms with Gasteiger partial charge in [0.1, 0.15) is 11.8 Å². The lowest BCUT2D eigenvalue weighted by atomic mass is 9.85. The summed E-state index contributed by atoms with van der Waals surface area (Å²) in [4.78, 5) is 42.0. The van der Waals surface area contributed by atoms with E-state index in [1.54, 1.807) is 12.5 Å². The van der Waals surface area contributed by atoms with Gasteiger partial charge in [0.2, 0.25) is 0 Å². The molecule has 25 heavy (non-hydrogen) atoms. The van der Waals surface area contributed by atoms with Crippen LogP contribution in [0, 0.1) is 11.8 Å². The summed E-state index contributed by atoms with van der Waals surface area (Å²) in [5, 5.41) is 0. The molecule has 1 aromatic rings. The van der Waals surface area contributed by atoms with Crippen LogP contribution in [0.5, 0.6) is 0 Å². The Bertz CT molecular complexity index is 654. The lowest BCUT2D eigenvalue weighted by molar-refractivity contribution is -0.156. The van der Waals surface area contributed by atoms with Crippen LogP contribution < -0.4 is 0 Å². The highest BCUT2D eigenvalue weighted by Gasteiger charge is 2.59. The first kappa shape index (κ1) is 18.3. The molecule has 5 heterocycles. The van der Waals surface area contributed by atoms with Gasteiger partial charge in [0, 0.05) is 12.2 Å². The Hall–Kier alpha value is -3.00. The maximum atomic E-state index is 11.1. The largest absolute Gasteiger partial charge is 0.473 e. The van der Waals surface area contributed by atoms with Gasteiger partial charge in [0.05, 0.1) is 24.7 Å². The van der Waals surface area contributed by atoms with E-state index in [1.165, 1.54) is 0 Å². The van der Waals surface area contributed by atoms with Crippen molar-refractivity contribution in [1.82, 2.24) is 0 Å². The molecule has 0 aliphatic carbocycles. The summed E-state index contributed by atoms with van der Waals surface area (Å²) in [6, 6.07) is 3.67. The number of cyclic esters (lactones) is 4. The fourth-order valence-corrected chi connectivity index (χ4v) is 2.64. The number of esters is 4. The van der Waals surface area contributed by atoms with Gasteiger partial charge in [-0.2, -0.15) is 0 Å². The van der Waals surface area contributed by atoms with Crippen LogP contribution >= 0.6 is 0 Å². The first-order valence-electron chi connectivity index (χ1n) is 7.06. The molecule has 8 nitrogen and oxygen atoms in total. The number of hydrogen-bond donors (Lipinski definition) is 0. The van der Waals surface area contributed by atoms with Crippen LogP contribution in [0.4, 0.5) is 0 Å². The predicted octanol–water partition coefficient (Wildman–Crippen LogP) is 1.18. The fourth-order valence-electron chi connectivity index (χ4n) is 2.64. The van der Waals surface area contributed by atoms with Gasteiger partial charge in [-0.3, -0.25) is 9.59 Å². The van der Waals surface area contributed by atoms with Crippen LogP contribution in [0.3, 0.4) is 0 Å². The van der Waals surface area contributed by atoms with Crippen LogP contribution in [0.2, 0.25) is 0 Å². The molecule has 4 atom stereocenters. The molecule has 4 aliphatic heterocycles. The molecule has 1 aromatic heterocycles. The van der Waals surface area contributed by atoms with Crippen LogP contribution in [0.15, 0.2) is 53.4 Å². The third kappa shape index (κ3) is 3.92. The Morgan fingerprint density at radius 2 is 1.20 bits per heavy atom. The molecular formula is C17H16O8. The highest BCUT2D eigenvalue weighted by Crippen LogP contribution is 2.43. The van der Waals surface area contributed by atoms with E-state index in [-0.39, 0.29) is 31.5 Å². The molecule has 0 aromatic carbocycles. The molecule has 132 valence electrons. The zero-order chi connectivity index (χ0) is 17.1. The van der Waals surface area contributed by atoms with Crippen LogP contribution in [0.1, 0.15) is 7.43 Å². The molecule has 2 bridgehead atoms. The van der Waals surface area contributed by atoms with E-state index in [2.05, 4.69) is 13.9 Å². The van der Waals surface area contributed by atoms with E-state index >= 15 is 0 Å². The van der Waals surface area contributed by atoms with Gasteiger partial charge in [0.25, 0.3) is 0 Å². The molecule has 0 N–H and O–H groups in total. The van der Waals surface area contributed by atoms with E-state index in [0.29, 0.717) is 0 Å². The molecule has 5 rings (SSSR count). The summed E-state index contributed by atoms with van der Waals surface area (Å²) >= 11 is 0. The van der Waals surface area contributed by atoms with Gasteiger partial charge in [0.15, 0.2) is 0 Å². The highest BCUT2D eigenvalue weighted by molar-refractivity contribution is 6.04. The molecule has 0 amide bonds. The molecular weight excluding hydrogens is 332 g/mol. The van der Waals surface area contributed by atoms with Gasteiger partial charge in [-0.05, 0) is 12.1 Å². The molecule has 0 radical (unpaired) electrons. The van der Waals surface area contributed by atoms with Crippen LogP contribution in [-0.4, -0.2) is 36.1 Å². The van der Waals surface area contributed by atoms with E-state index in [0.717, 1.165) is 12.2 Å². The third-order valence-corrected chi connectivity index (χ3v) is 3.63. The molecule has 2 unspecified atom stereocenters. The number of rotatable bonds is 0. The number of fused-ring (bicyclic) bond motifs is 5. The normalized spacial score (nSPS) is 29.8. The van der Waals surface area contributed by atoms with Gasteiger partial charge in [-0.25, -0.2) is 9.59 Å². The van der Waals surface area contributed by atoms with Gasteiger partial charge in [-0.15, -0.1) is 0 Å². The Morgan fingerprint density at radius 1 is 0.720 bits per heavy atom. The number of ether oxygens (including phenoxy) is 3. The van der Waals surface area contributed by atoms with Gasteiger partial charge >= 0.3 is 23.9 Å². The van der Waals surface area contributed by atoms with E-state index in [4.69, 9.17) is 4.74 Å². The van der Waals surface area contributed by atoms with Gasteiger partial charge in [-0.1, -0.05) is 19.6 Å². The second-order valence-corrected chi connectivity index (χ2v) is 5.11. The summed E-state index contributed by atoms with van der Waals surface area (Å²) in [5.74, 6) is -2.75. The summed E-state index contributed by atoms with van der Waals surface area (Å²) in [6.07, 6.45) is 8.63. The van der Waals surface area contributed by atoms with Gasteiger partial charge < -0.3 is 18.6 Å².